The van der Waals surface area contributed by atoms with E-state index in [9.17, 15) is 4.79 Å². The monoisotopic (exact) mass is 376 g/mol. The zero-order valence-corrected chi connectivity index (χ0v) is 15.6. The largest absolute Gasteiger partial charge is 0.421 e. The molecule has 0 atom stereocenters. The quantitative estimate of drug-likeness (QED) is 0.557. The van der Waals surface area contributed by atoms with Crippen molar-refractivity contribution in [2.75, 3.05) is 5.32 Å². The minimum absolute atomic E-state index is 0.204. The van der Waals surface area contributed by atoms with Gasteiger partial charge in [-0.3, -0.25) is 9.78 Å². The standard InChI is InChI=1S/C20H16N4O2S/c1-12-10-16(11-27-12)18-17(4-3-9-21-18)22-19(25)14-5-7-15(8-6-14)20-24-23-13(2)26-20/h3-11H,1-2H3,(H,22,25). The maximum atomic E-state index is 12.7. The molecule has 7 heteroatoms. The number of carbonyl (C=O) groups excluding carboxylic acids is 1. The van der Waals surface area contributed by atoms with Gasteiger partial charge in [0.2, 0.25) is 11.8 Å². The number of aromatic nitrogens is 3. The Bertz CT molecular complexity index is 1100. The Morgan fingerprint density at radius 2 is 1.89 bits per heavy atom. The topological polar surface area (TPSA) is 80.9 Å². The van der Waals surface area contributed by atoms with E-state index in [-0.39, 0.29) is 5.91 Å². The van der Waals surface area contributed by atoms with Gasteiger partial charge < -0.3 is 9.73 Å². The number of amides is 1. The summed E-state index contributed by atoms with van der Waals surface area (Å²) in [5, 5.41) is 12.8. The third kappa shape index (κ3) is 3.63. The van der Waals surface area contributed by atoms with Gasteiger partial charge >= 0.3 is 0 Å². The first kappa shape index (κ1) is 17.1. The van der Waals surface area contributed by atoms with Crippen molar-refractivity contribution in [2.45, 2.75) is 13.8 Å². The van der Waals surface area contributed by atoms with Crippen molar-refractivity contribution in [1.29, 1.82) is 0 Å². The number of anilines is 1. The molecular weight excluding hydrogens is 360 g/mol. The highest BCUT2D eigenvalue weighted by Crippen LogP contribution is 2.29. The first-order valence-electron chi connectivity index (χ1n) is 8.32. The van der Waals surface area contributed by atoms with Gasteiger partial charge in [-0.15, -0.1) is 21.5 Å². The highest BCUT2D eigenvalue weighted by molar-refractivity contribution is 7.10. The van der Waals surface area contributed by atoms with Crippen LogP contribution in [0.5, 0.6) is 0 Å². The number of hydrogen-bond acceptors (Lipinski definition) is 6. The number of nitrogens with one attached hydrogen (secondary N) is 1. The summed E-state index contributed by atoms with van der Waals surface area (Å²) in [5.41, 5.74) is 3.73. The summed E-state index contributed by atoms with van der Waals surface area (Å²) in [5.74, 6) is 0.728. The summed E-state index contributed by atoms with van der Waals surface area (Å²) in [4.78, 5) is 18.3. The highest BCUT2D eigenvalue weighted by Gasteiger charge is 2.13. The Kier molecular flexibility index (Phi) is 4.52. The lowest BCUT2D eigenvalue weighted by Gasteiger charge is -2.09. The molecule has 0 radical (unpaired) electrons. The van der Waals surface area contributed by atoms with Crippen molar-refractivity contribution in [2.24, 2.45) is 0 Å². The minimum Gasteiger partial charge on any atom is -0.421 e. The number of aryl methyl sites for hydroxylation is 2. The average molecular weight is 376 g/mol. The van der Waals surface area contributed by atoms with E-state index in [4.69, 9.17) is 4.42 Å². The predicted molar refractivity (Wildman–Crippen MR) is 105 cm³/mol. The first-order valence-corrected chi connectivity index (χ1v) is 9.20. The lowest BCUT2D eigenvalue weighted by atomic mass is 10.1. The molecule has 134 valence electrons. The number of pyridine rings is 1. The van der Waals surface area contributed by atoms with E-state index < -0.39 is 0 Å². The molecule has 0 aliphatic rings. The number of hydrogen-bond donors (Lipinski definition) is 1. The third-order valence-corrected chi connectivity index (χ3v) is 4.84. The van der Waals surface area contributed by atoms with Crippen molar-refractivity contribution in [3.05, 3.63) is 70.4 Å². The number of thiophene rings is 1. The van der Waals surface area contributed by atoms with Crippen LogP contribution in [0.1, 0.15) is 21.1 Å². The Morgan fingerprint density at radius 1 is 1.07 bits per heavy atom. The Hall–Kier alpha value is -3.32. The summed E-state index contributed by atoms with van der Waals surface area (Å²) >= 11 is 1.65. The van der Waals surface area contributed by atoms with Crippen molar-refractivity contribution >= 4 is 22.9 Å². The molecule has 0 saturated heterocycles. The van der Waals surface area contributed by atoms with Crippen LogP contribution in [0, 0.1) is 13.8 Å². The van der Waals surface area contributed by atoms with Crippen LogP contribution in [0.4, 0.5) is 5.69 Å². The Morgan fingerprint density at radius 3 is 2.56 bits per heavy atom. The third-order valence-electron chi connectivity index (χ3n) is 3.98. The van der Waals surface area contributed by atoms with Crippen molar-refractivity contribution in [3.8, 4) is 22.7 Å². The number of rotatable bonds is 4. The lowest BCUT2D eigenvalue weighted by Crippen LogP contribution is -2.12. The van der Waals surface area contributed by atoms with E-state index in [0.717, 1.165) is 16.8 Å². The van der Waals surface area contributed by atoms with Gasteiger partial charge in [0.25, 0.3) is 5.91 Å². The highest BCUT2D eigenvalue weighted by atomic mass is 32.1. The maximum Gasteiger partial charge on any atom is 0.255 e. The van der Waals surface area contributed by atoms with Crippen LogP contribution in [-0.2, 0) is 0 Å². The fourth-order valence-electron chi connectivity index (χ4n) is 2.68. The van der Waals surface area contributed by atoms with Gasteiger partial charge in [-0.25, -0.2) is 0 Å². The van der Waals surface area contributed by atoms with Gasteiger partial charge in [0.1, 0.15) is 0 Å². The molecule has 0 spiro atoms. The molecule has 6 nitrogen and oxygen atoms in total. The van der Waals surface area contributed by atoms with Crippen molar-refractivity contribution in [1.82, 2.24) is 15.2 Å². The van der Waals surface area contributed by atoms with Crippen LogP contribution in [0.25, 0.3) is 22.7 Å². The second-order valence-corrected chi connectivity index (χ2v) is 7.12. The molecule has 4 aromatic rings. The molecule has 1 amide bonds. The van der Waals surface area contributed by atoms with Gasteiger partial charge in [0.05, 0.1) is 11.4 Å². The van der Waals surface area contributed by atoms with Crippen LogP contribution in [0.3, 0.4) is 0 Å². The molecule has 0 unspecified atom stereocenters. The second kappa shape index (κ2) is 7.13. The van der Waals surface area contributed by atoms with E-state index in [0.29, 0.717) is 23.0 Å². The molecule has 27 heavy (non-hydrogen) atoms. The van der Waals surface area contributed by atoms with E-state index in [1.54, 1.807) is 54.8 Å². The zero-order valence-electron chi connectivity index (χ0n) is 14.8. The van der Waals surface area contributed by atoms with Gasteiger partial charge in [0.15, 0.2) is 0 Å². The Balaban J connectivity index is 1.56. The van der Waals surface area contributed by atoms with Crippen molar-refractivity contribution < 1.29 is 9.21 Å². The molecule has 3 heterocycles. The Labute approximate surface area is 159 Å². The van der Waals surface area contributed by atoms with Gasteiger partial charge in [0, 0.05) is 40.1 Å². The number of nitrogens with zero attached hydrogens (tertiary/aromatic N) is 3. The van der Waals surface area contributed by atoms with Crippen LogP contribution < -0.4 is 5.32 Å². The predicted octanol–water partition coefficient (Wildman–Crippen LogP) is 4.73. The molecule has 1 aromatic carbocycles. The fraction of sp³-hybridized carbons (Fsp3) is 0.100. The number of carbonyl (C=O) groups is 1. The van der Waals surface area contributed by atoms with Crippen LogP contribution in [0.2, 0.25) is 0 Å². The summed E-state index contributed by atoms with van der Waals surface area (Å²) in [7, 11) is 0. The smallest absolute Gasteiger partial charge is 0.255 e. The van der Waals surface area contributed by atoms with Gasteiger partial charge in [-0.2, -0.15) is 0 Å². The molecule has 0 saturated carbocycles. The molecule has 0 fully saturated rings. The number of benzene rings is 1. The molecule has 0 aliphatic heterocycles. The van der Waals surface area contributed by atoms with Crippen molar-refractivity contribution in [3.63, 3.8) is 0 Å². The zero-order chi connectivity index (χ0) is 18.8. The van der Waals surface area contributed by atoms with E-state index >= 15 is 0 Å². The van der Waals surface area contributed by atoms with Gasteiger partial charge in [-0.05, 0) is 49.4 Å². The molecule has 3 aromatic heterocycles. The first-order chi connectivity index (χ1) is 13.1. The summed E-state index contributed by atoms with van der Waals surface area (Å²) < 4.78 is 5.40. The van der Waals surface area contributed by atoms with Crippen LogP contribution in [-0.4, -0.2) is 21.1 Å². The normalized spacial score (nSPS) is 10.7. The summed E-state index contributed by atoms with van der Waals surface area (Å²) in [6.07, 6.45) is 1.72. The van der Waals surface area contributed by atoms with E-state index in [1.165, 1.54) is 4.88 Å². The second-order valence-electron chi connectivity index (χ2n) is 6.00. The lowest BCUT2D eigenvalue weighted by molar-refractivity contribution is 0.102. The molecule has 1 N–H and O–H groups in total. The van der Waals surface area contributed by atoms with Crippen LogP contribution in [0.15, 0.2) is 58.5 Å². The molecule has 0 aliphatic carbocycles. The molecule has 0 bridgehead atoms. The summed E-state index contributed by atoms with van der Waals surface area (Å²) in [6, 6.07) is 12.7. The van der Waals surface area contributed by atoms with Crippen LogP contribution >= 0.6 is 11.3 Å². The minimum atomic E-state index is -0.204. The van der Waals surface area contributed by atoms with E-state index in [2.05, 4.69) is 26.6 Å². The SMILES string of the molecule is Cc1nnc(-c2ccc(C(=O)Nc3cccnc3-c3csc(C)c3)cc2)o1. The molecule has 4 rings (SSSR count). The fourth-order valence-corrected chi connectivity index (χ4v) is 3.36. The van der Waals surface area contributed by atoms with Gasteiger partial charge in [-0.1, -0.05) is 0 Å². The maximum absolute atomic E-state index is 12.7. The summed E-state index contributed by atoms with van der Waals surface area (Å²) in [6.45, 7) is 3.78. The molecular formula is C20H16N4O2S. The van der Waals surface area contributed by atoms with E-state index in [1.807, 2.05) is 18.4 Å². The average Bonchev–Trinajstić information content (AvgIpc) is 3.31.